The van der Waals surface area contributed by atoms with Gasteiger partial charge in [-0.15, -0.1) is 0 Å². The Balaban J connectivity index is 2.46. The second-order valence-corrected chi connectivity index (χ2v) is 5.41. The molecule has 1 aromatic heterocycles. The molecule has 1 unspecified atom stereocenters. The van der Waals surface area contributed by atoms with Gasteiger partial charge in [-0.3, -0.25) is 4.79 Å². The highest BCUT2D eigenvalue weighted by atomic mass is 32.2. The number of carbonyl (C=O) groups is 1. The summed E-state index contributed by atoms with van der Waals surface area (Å²) in [4.78, 5) is 16.4. The van der Waals surface area contributed by atoms with Crippen LogP contribution in [0.2, 0.25) is 0 Å². The van der Waals surface area contributed by atoms with Crippen molar-refractivity contribution in [1.82, 2.24) is 14.7 Å². The molecule has 0 radical (unpaired) electrons. The smallest absolute Gasteiger partial charge is 0.303 e. The van der Waals surface area contributed by atoms with Crippen molar-refractivity contribution in [2.75, 3.05) is 0 Å². The van der Waals surface area contributed by atoms with Gasteiger partial charge in [-0.25, -0.2) is 18.1 Å². The van der Waals surface area contributed by atoms with E-state index in [0.29, 0.717) is 12.8 Å². The molecule has 0 aliphatic carbocycles. The first-order chi connectivity index (χ1) is 7.92. The Kier molecular flexibility index (Phi) is 4.64. The van der Waals surface area contributed by atoms with Crippen LogP contribution in [-0.4, -0.2) is 35.5 Å². The predicted molar refractivity (Wildman–Crippen MR) is 59.9 cm³/mol. The fraction of sp³-hybridized carbons (Fsp3) is 0.556. The number of aromatic amines is 1. The summed E-state index contributed by atoms with van der Waals surface area (Å²) in [6, 6.07) is -0.317. The zero-order valence-electron chi connectivity index (χ0n) is 9.38. The molecule has 0 saturated heterocycles. The minimum atomic E-state index is -3.58. The lowest BCUT2D eigenvalue weighted by atomic mass is 10.1. The van der Waals surface area contributed by atoms with Crippen molar-refractivity contribution in [3.63, 3.8) is 0 Å². The van der Waals surface area contributed by atoms with Crippen molar-refractivity contribution in [2.24, 2.45) is 0 Å². The molecule has 1 atom stereocenters. The van der Waals surface area contributed by atoms with Crippen LogP contribution in [-0.2, 0) is 14.8 Å². The Morgan fingerprint density at radius 1 is 1.65 bits per heavy atom. The van der Waals surface area contributed by atoms with Gasteiger partial charge >= 0.3 is 5.97 Å². The van der Waals surface area contributed by atoms with E-state index in [-0.39, 0.29) is 17.5 Å². The molecule has 3 N–H and O–H groups in total. The lowest BCUT2D eigenvalue weighted by Gasteiger charge is -2.12. The van der Waals surface area contributed by atoms with Crippen molar-refractivity contribution in [3.8, 4) is 0 Å². The zero-order chi connectivity index (χ0) is 12.9. The normalized spacial score (nSPS) is 13.5. The van der Waals surface area contributed by atoms with Gasteiger partial charge in [-0.1, -0.05) is 0 Å². The third kappa shape index (κ3) is 4.53. The Morgan fingerprint density at radius 2 is 2.35 bits per heavy atom. The predicted octanol–water partition coefficient (Wildman–Crippen LogP) is 0.331. The quantitative estimate of drug-likeness (QED) is 0.654. The van der Waals surface area contributed by atoms with Gasteiger partial charge < -0.3 is 10.1 Å². The topological polar surface area (TPSA) is 112 Å². The number of aliphatic carboxylic acids is 1. The minimum Gasteiger partial charge on any atom is -0.481 e. The van der Waals surface area contributed by atoms with E-state index in [1.165, 1.54) is 12.5 Å². The molecule has 0 amide bonds. The SMILES string of the molecule is CC(CCCC(=O)O)NS(=O)(=O)c1cnc[nH]1. The van der Waals surface area contributed by atoms with E-state index in [2.05, 4.69) is 14.7 Å². The molecule has 1 aromatic rings. The molecule has 8 heteroatoms. The van der Waals surface area contributed by atoms with Crippen LogP contribution in [0.15, 0.2) is 17.6 Å². The highest BCUT2D eigenvalue weighted by Crippen LogP contribution is 2.07. The fourth-order valence-corrected chi connectivity index (χ4v) is 2.52. The van der Waals surface area contributed by atoms with E-state index in [1.54, 1.807) is 6.92 Å². The first kappa shape index (κ1) is 13.7. The number of carboxylic acids is 1. The second kappa shape index (κ2) is 5.78. The first-order valence-electron chi connectivity index (χ1n) is 5.14. The second-order valence-electron chi connectivity index (χ2n) is 3.72. The van der Waals surface area contributed by atoms with Crippen LogP contribution in [0.4, 0.5) is 0 Å². The Morgan fingerprint density at radius 3 is 2.88 bits per heavy atom. The average molecular weight is 261 g/mol. The van der Waals surface area contributed by atoms with Crippen molar-refractivity contribution in [1.29, 1.82) is 0 Å². The molecule has 1 rings (SSSR count). The van der Waals surface area contributed by atoms with E-state index in [0.717, 1.165) is 0 Å². The summed E-state index contributed by atoms with van der Waals surface area (Å²) in [6.45, 7) is 1.69. The van der Waals surface area contributed by atoms with Gasteiger partial charge in [0.1, 0.15) is 0 Å². The van der Waals surface area contributed by atoms with Crippen LogP contribution in [0.25, 0.3) is 0 Å². The third-order valence-corrected chi connectivity index (χ3v) is 3.66. The molecule has 0 fully saturated rings. The summed E-state index contributed by atoms with van der Waals surface area (Å²) < 4.78 is 25.8. The van der Waals surface area contributed by atoms with Gasteiger partial charge in [-0.2, -0.15) is 0 Å². The first-order valence-corrected chi connectivity index (χ1v) is 6.62. The molecule has 0 aliphatic heterocycles. The fourth-order valence-electron chi connectivity index (χ4n) is 1.34. The summed E-state index contributed by atoms with van der Waals surface area (Å²) in [5.74, 6) is -0.881. The largest absolute Gasteiger partial charge is 0.481 e. The molecule has 0 spiro atoms. The number of hydrogen-bond acceptors (Lipinski definition) is 4. The monoisotopic (exact) mass is 261 g/mol. The highest BCUT2D eigenvalue weighted by Gasteiger charge is 2.18. The van der Waals surface area contributed by atoms with E-state index in [1.807, 2.05) is 0 Å². The maximum atomic E-state index is 11.7. The van der Waals surface area contributed by atoms with Crippen LogP contribution in [0, 0.1) is 0 Å². The van der Waals surface area contributed by atoms with Crippen molar-refractivity contribution >= 4 is 16.0 Å². The summed E-state index contributed by atoms with van der Waals surface area (Å²) in [5, 5.41) is 8.46. The van der Waals surface area contributed by atoms with Crippen LogP contribution in [0.5, 0.6) is 0 Å². The number of aromatic nitrogens is 2. The number of sulfonamides is 1. The van der Waals surface area contributed by atoms with E-state index < -0.39 is 16.0 Å². The van der Waals surface area contributed by atoms with Crippen molar-refractivity contribution < 1.29 is 18.3 Å². The Labute approximate surface area is 99.3 Å². The molecule has 0 saturated carbocycles. The Bertz CT molecular complexity index is 455. The van der Waals surface area contributed by atoms with Crippen LogP contribution >= 0.6 is 0 Å². The molecule has 0 aromatic carbocycles. The lowest BCUT2D eigenvalue weighted by molar-refractivity contribution is -0.137. The van der Waals surface area contributed by atoms with Crippen molar-refractivity contribution in [3.05, 3.63) is 12.5 Å². The van der Waals surface area contributed by atoms with E-state index in [4.69, 9.17) is 5.11 Å². The van der Waals surface area contributed by atoms with Crippen LogP contribution in [0.3, 0.4) is 0 Å². The van der Waals surface area contributed by atoms with Gasteiger partial charge in [0.25, 0.3) is 10.0 Å². The van der Waals surface area contributed by atoms with Gasteiger partial charge in [0.15, 0.2) is 5.03 Å². The Hall–Kier alpha value is -1.41. The van der Waals surface area contributed by atoms with Gasteiger partial charge in [0.2, 0.25) is 0 Å². The molecule has 7 nitrogen and oxygen atoms in total. The molecule has 1 heterocycles. The van der Waals surface area contributed by atoms with Gasteiger partial charge in [-0.05, 0) is 19.8 Å². The number of carboxylic acid groups (broad SMARTS) is 1. The third-order valence-electron chi connectivity index (χ3n) is 2.15. The van der Waals surface area contributed by atoms with Crippen LogP contribution < -0.4 is 4.72 Å². The molecule has 0 aliphatic rings. The van der Waals surface area contributed by atoms with E-state index >= 15 is 0 Å². The van der Waals surface area contributed by atoms with Crippen molar-refractivity contribution in [2.45, 2.75) is 37.3 Å². The molecule has 0 bridgehead atoms. The zero-order valence-corrected chi connectivity index (χ0v) is 10.2. The summed E-state index contributed by atoms with van der Waals surface area (Å²) in [5.41, 5.74) is 0. The summed E-state index contributed by atoms with van der Waals surface area (Å²) >= 11 is 0. The standard InChI is InChI=1S/C9H15N3O4S/c1-7(3-2-4-9(13)14)12-17(15,16)8-5-10-6-11-8/h5-7,12H,2-4H2,1H3,(H,10,11)(H,13,14). The molecular weight excluding hydrogens is 246 g/mol. The maximum absolute atomic E-state index is 11.7. The molecule has 96 valence electrons. The minimum absolute atomic E-state index is 0.00239. The van der Waals surface area contributed by atoms with Crippen LogP contribution in [0.1, 0.15) is 26.2 Å². The number of H-pyrrole nitrogens is 1. The molecular formula is C9H15N3O4S. The van der Waals surface area contributed by atoms with Gasteiger partial charge in [0.05, 0.1) is 12.5 Å². The number of rotatable bonds is 7. The summed E-state index contributed by atoms with van der Waals surface area (Å²) in [6.07, 6.45) is 3.44. The van der Waals surface area contributed by atoms with Gasteiger partial charge in [0, 0.05) is 12.5 Å². The number of nitrogens with zero attached hydrogens (tertiary/aromatic N) is 1. The average Bonchev–Trinajstić information content (AvgIpc) is 2.68. The number of imidazole rings is 1. The maximum Gasteiger partial charge on any atom is 0.303 e. The highest BCUT2D eigenvalue weighted by molar-refractivity contribution is 7.89. The van der Waals surface area contributed by atoms with E-state index in [9.17, 15) is 13.2 Å². The lowest BCUT2D eigenvalue weighted by Crippen LogP contribution is -2.32. The number of nitrogens with one attached hydrogen (secondary N) is 2. The molecule has 17 heavy (non-hydrogen) atoms. The number of hydrogen-bond donors (Lipinski definition) is 3. The summed E-state index contributed by atoms with van der Waals surface area (Å²) in [7, 11) is -3.58.